The Morgan fingerprint density at radius 2 is 2.21 bits per heavy atom. The molecule has 1 aromatic rings. The lowest BCUT2D eigenvalue weighted by Gasteiger charge is -2.36. The highest BCUT2D eigenvalue weighted by Gasteiger charge is 2.32. The van der Waals surface area contributed by atoms with E-state index >= 15 is 0 Å². The predicted molar refractivity (Wildman–Crippen MR) is 74.6 cm³/mol. The Morgan fingerprint density at radius 1 is 1.47 bits per heavy atom. The molecule has 1 saturated heterocycles. The average Bonchev–Trinajstić information content (AvgIpc) is 2.86. The van der Waals surface area contributed by atoms with Crippen LogP contribution in [0.15, 0.2) is 12.1 Å². The molecule has 1 fully saturated rings. The van der Waals surface area contributed by atoms with Crippen LogP contribution in [0, 0.1) is 5.92 Å². The molecule has 5 heteroatoms. The molecule has 0 radical (unpaired) electrons. The molecule has 104 valence electrons. The number of amides is 1. The molecule has 1 aliphatic rings. The molecular weight excluding hydrogens is 262 g/mol. The zero-order valence-corrected chi connectivity index (χ0v) is 12.1. The number of thiophene rings is 1. The fourth-order valence-corrected chi connectivity index (χ4v) is 3.43. The number of nitrogens with zero attached hydrogens (tertiary/aromatic N) is 1. The summed E-state index contributed by atoms with van der Waals surface area (Å²) in [5, 5.41) is 9.03. The molecule has 1 N–H and O–H groups in total. The molecule has 0 saturated carbocycles. The van der Waals surface area contributed by atoms with E-state index in [0.29, 0.717) is 19.4 Å². The molecule has 2 heterocycles. The van der Waals surface area contributed by atoms with Gasteiger partial charge in [-0.15, -0.1) is 11.3 Å². The zero-order chi connectivity index (χ0) is 14.0. The number of rotatable bonds is 3. The van der Waals surface area contributed by atoms with Crippen LogP contribution in [0.4, 0.5) is 0 Å². The van der Waals surface area contributed by atoms with E-state index in [-0.39, 0.29) is 17.9 Å². The van der Waals surface area contributed by atoms with Gasteiger partial charge in [-0.3, -0.25) is 9.59 Å². The van der Waals surface area contributed by atoms with Gasteiger partial charge < -0.3 is 10.0 Å². The first kappa shape index (κ1) is 14.1. The van der Waals surface area contributed by atoms with Crippen LogP contribution in [0.5, 0.6) is 0 Å². The van der Waals surface area contributed by atoms with Gasteiger partial charge in [0.05, 0.1) is 10.8 Å². The second-order valence-corrected chi connectivity index (χ2v) is 6.19. The van der Waals surface area contributed by atoms with Gasteiger partial charge >= 0.3 is 5.97 Å². The van der Waals surface area contributed by atoms with E-state index in [0.717, 1.165) is 11.3 Å². The van der Waals surface area contributed by atoms with Crippen LogP contribution < -0.4 is 0 Å². The predicted octanol–water partition coefficient (Wildman–Crippen LogP) is 2.64. The van der Waals surface area contributed by atoms with Crippen molar-refractivity contribution in [2.45, 2.75) is 39.2 Å². The highest BCUT2D eigenvalue weighted by Crippen LogP contribution is 2.26. The maximum atomic E-state index is 12.4. The summed E-state index contributed by atoms with van der Waals surface area (Å²) in [6.45, 7) is 4.54. The molecule has 0 bridgehead atoms. The highest BCUT2D eigenvalue weighted by atomic mass is 32.1. The van der Waals surface area contributed by atoms with Crippen LogP contribution in [0.25, 0.3) is 0 Å². The Hall–Kier alpha value is -1.36. The smallest absolute Gasteiger partial charge is 0.306 e. The van der Waals surface area contributed by atoms with Gasteiger partial charge in [0.25, 0.3) is 5.91 Å². The van der Waals surface area contributed by atoms with E-state index in [2.05, 4.69) is 6.92 Å². The van der Waals surface area contributed by atoms with E-state index in [1.807, 2.05) is 24.0 Å². The largest absolute Gasteiger partial charge is 0.481 e. The van der Waals surface area contributed by atoms with Crippen LogP contribution in [0.3, 0.4) is 0 Å². The average molecular weight is 281 g/mol. The number of carboxylic acid groups (broad SMARTS) is 1. The third kappa shape index (κ3) is 2.97. The highest BCUT2D eigenvalue weighted by molar-refractivity contribution is 7.14. The Morgan fingerprint density at radius 3 is 2.74 bits per heavy atom. The Balaban J connectivity index is 2.06. The van der Waals surface area contributed by atoms with Crippen molar-refractivity contribution < 1.29 is 14.7 Å². The maximum Gasteiger partial charge on any atom is 0.306 e. The van der Waals surface area contributed by atoms with Crippen LogP contribution in [0.1, 0.15) is 41.2 Å². The first-order chi connectivity index (χ1) is 9.02. The van der Waals surface area contributed by atoms with Crippen LogP contribution >= 0.6 is 11.3 Å². The number of hydrogen-bond donors (Lipinski definition) is 1. The molecule has 0 spiro atoms. The van der Waals surface area contributed by atoms with Crippen molar-refractivity contribution in [2.24, 2.45) is 5.92 Å². The molecule has 1 aliphatic heterocycles. The zero-order valence-electron chi connectivity index (χ0n) is 11.3. The summed E-state index contributed by atoms with van der Waals surface area (Å²) in [7, 11) is 0. The topological polar surface area (TPSA) is 57.6 Å². The lowest BCUT2D eigenvalue weighted by atomic mass is 9.91. The summed E-state index contributed by atoms with van der Waals surface area (Å²) in [6, 6.07) is 3.86. The monoisotopic (exact) mass is 281 g/mol. The Kier molecular flexibility index (Phi) is 4.24. The fraction of sp³-hybridized carbons (Fsp3) is 0.571. The summed E-state index contributed by atoms with van der Waals surface area (Å²) in [5.41, 5.74) is 0. The molecule has 2 atom stereocenters. The van der Waals surface area contributed by atoms with Gasteiger partial charge in [0.1, 0.15) is 0 Å². The lowest BCUT2D eigenvalue weighted by Crippen LogP contribution is -2.45. The van der Waals surface area contributed by atoms with Gasteiger partial charge in [-0.05, 0) is 38.3 Å². The minimum absolute atomic E-state index is 0.00507. The number of aryl methyl sites for hydroxylation is 1. The number of hydrogen-bond acceptors (Lipinski definition) is 3. The van der Waals surface area contributed by atoms with Crippen molar-refractivity contribution in [3.63, 3.8) is 0 Å². The molecule has 19 heavy (non-hydrogen) atoms. The van der Waals surface area contributed by atoms with Crippen molar-refractivity contribution in [1.29, 1.82) is 0 Å². The third-order valence-electron chi connectivity index (χ3n) is 3.71. The van der Waals surface area contributed by atoms with Crippen LogP contribution in [0.2, 0.25) is 0 Å². The van der Waals surface area contributed by atoms with Gasteiger partial charge in [0, 0.05) is 17.5 Å². The second kappa shape index (κ2) is 5.74. The van der Waals surface area contributed by atoms with Gasteiger partial charge in [-0.25, -0.2) is 0 Å². The molecular formula is C14H19NO3S. The van der Waals surface area contributed by atoms with E-state index in [9.17, 15) is 9.59 Å². The summed E-state index contributed by atoms with van der Waals surface area (Å²) in [6.07, 6.45) is 2.04. The summed E-state index contributed by atoms with van der Waals surface area (Å²) < 4.78 is 0. The lowest BCUT2D eigenvalue weighted by molar-refractivity contribution is -0.143. The summed E-state index contributed by atoms with van der Waals surface area (Å²) in [4.78, 5) is 27.2. The van der Waals surface area contributed by atoms with E-state index in [4.69, 9.17) is 5.11 Å². The van der Waals surface area contributed by atoms with Gasteiger partial charge in [-0.2, -0.15) is 0 Å². The van der Waals surface area contributed by atoms with Gasteiger partial charge in [0.2, 0.25) is 0 Å². The van der Waals surface area contributed by atoms with Gasteiger partial charge in [-0.1, -0.05) is 6.92 Å². The van der Waals surface area contributed by atoms with Crippen molar-refractivity contribution >= 4 is 23.2 Å². The van der Waals surface area contributed by atoms with E-state index in [1.165, 1.54) is 16.2 Å². The van der Waals surface area contributed by atoms with Crippen LogP contribution in [-0.4, -0.2) is 34.5 Å². The number of carbonyl (C=O) groups excluding carboxylic acids is 1. The molecule has 1 aromatic heterocycles. The standard InChI is InChI=1S/C14H19NO3S/c1-3-11-4-5-12(19-11)13(16)15-7-6-10(14(17)18)8-9(15)2/h4-5,9-10H,3,6-8H2,1-2H3,(H,17,18). The van der Waals surface area contributed by atoms with Crippen molar-refractivity contribution in [2.75, 3.05) is 6.54 Å². The van der Waals surface area contributed by atoms with Crippen molar-refractivity contribution in [3.8, 4) is 0 Å². The minimum Gasteiger partial charge on any atom is -0.481 e. The van der Waals surface area contributed by atoms with Crippen molar-refractivity contribution in [3.05, 3.63) is 21.9 Å². The summed E-state index contributed by atoms with van der Waals surface area (Å²) in [5.74, 6) is -1.02. The minimum atomic E-state index is -0.747. The summed E-state index contributed by atoms with van der Waals surface area (Å²) >= 11 is 1.54. The van der Waals surface area contributed by atoms with Crippen LogP contribution in [-0.2, 0) is 11.2 Å². The van der Waals surface area contributed by atoms with E-state index in [1.54, 1.807) is 0 Å². The number of piperidine rings is 1. The molecule has 4 nitrogen and oxygen atoms in total. The van der Waals surface area contributed by atoms with Crippen molar-refractivity contribution in [1.82, 2.24) is 4.90 Å². The first-order valence-corrected chi connectivity index (χ1v) is 7.47. The molecule has 2 unspecified atom stereocenters. The number of aliphatic carboxylic acids is 1. The number of likely N-dealkylation sites (tertiary alicyclic amines) is 1. The Bertz CT molecular complexity index is 483. The first-order valence-electron chi connectivity index (χ1n) is 6.65. The quantitative estimate of drug-likeness (QED) is 0.926. The second-order valence-electron chi connectivity index (χ2n) is 5.03. The maximum absolute atomic E-state index is 12.4. The fourth-order valence-electron chi connectivity index (χ4n) is 2.52. The number of carbonyl (C=O) groups is 2. The number of carboxylic acids is 1. The molecule has 2 rings (SSSR count). The SMILES string of the molecule is CCc1ccc(C(=O)N2CCC(C(=O)O)CC2C)s1. The normalized spacial score (nSPS) is 23.4. The molecule has 1 amide bonds. The van der Waals surface area contributed by atoms with E-state index < -0.39 is 5.97 Å². The van der Waals surface area contributed by atoms with Gasteiger partial charge in [0.15, 0.2) is 0 Å². The Labute approximate surface area is 117 Å². The molecule has 0 aliphatic carbocycles. The molecule has 0 aromatic carbocycles. The third-order valence-corrected chi connectivity index (χ3v) is 4.92.